The summed E-state index contributed by atoms with van der Waals surface area (Å²) in [5.41, 5.74) is 1.65. The first-order valence-electron chi connectivity index (χ1n) is 3.91. The molecular weight excluding hydrogens is 186 g/mol. The Balaban J connectivity index is 3.06. The summed E-state index contributed by atoms with van der Waals surface area (Å²) in [7, 11) is 5.31. The van der Waals surface area contributed by atoms with Crippen molar-refractivity contribution in [2.24, 2.45) is 0 Å². The number of hydrogen-bond acceptors (Lipinski definition) is 4. The molecule has 0 radical (unpaired) electrons. The smallest absolute Gasteiger partial charge is 0.339 e. The second kappa shape index (κ2) is 3.79. The maximum absolute atomic E-state index is 11.2. The van der Waals surface area contributed by atoms with Gasteiger partial charge in [0.1, 0.15) is 0 Å². The Kier molecular flexibility index (Phi) is 2.93. The molecule has 0 aromatic carbocycles. The number of thiophene rings is 1. The van der Waals surface area contributed by atoms with Gasteiger partial charge < -0.3 is 9.64 Å². The second-order valence-electron chi connectivity index (χ2n) is 2.97. The van der Waals surface area contributed by atoms with Crippen LogP contribution in [0.1, 0.15) is 15.9 Å². The van der Waals surface area contributed by atoms with E-state index in [0.717, 1.165) is 10.6 Å². The van der Waals surface area contributed by atoms with Crippen LogP contribution in [0, 0.1) is 6.92 Å². The number of esters is 1. The molecule has 0 aliphatic carbocycles. The highest BCUT2D eigenvalue weighted by Gasteiger charge is 2.15. The summed E-state index contributed by atoms with van der Waals surface area (Å²) in [4.78, 5) is 13.2. The van der Waals surface area contributed by atoms with E-state index in [1.165, 1.54) is 7.11 Å². The zero-order valence-corrected chi connectivity index (χ0v) is 9.07. The van der Waals surface area contributed by atoms with E-state index in [1.54, 1.807) is 11.3 Å². The monoisotopic (exact) mass is 199 g/mol. The van der Waals surface area contributed by atoms with Gasteiger partial charge in [0.25, 0.3) is 0 Å². The van der Waals surface area contributed by atoms with Crippen LogP contribution in [0.25, 0.3) is 0 Å². The van der Waals surface area contributed by atoms with Crippen molar-refractivity contribution in [3.63, 3.8) is 0 Å². The molecule has 1 heterocycles. The summed E-state index contributed by atoms with van der Waals surface area (Å²) in [6.07, 6.45) is 0. The Morgan fingerprint density at radius 2 is 2.15 bits per heavy atom. The van der Waals surface area contributed by atoms with Crippen LogP contribution in [0.5, 0.6) is 0 Å². The summed E-state index contributed by atoms with van der Waals surface area (Å²) in [5, 5.41) is 2.93. The van der Waals surface area contributed by atoms with Gasteiger partial charge in [0.05, 0.1) is 17.7 Å². The molecule has 0 spiro atoms. The van der Waals surface area contributed by atoms with Crippen molar-refractivity contribution in [3.05, 3.63) is 16.5 Å². The Labute approximate surface area is 81.9 Å². The fourth-order valence-corrected chi connectivity index (χ4v) is 2.16. The van der Waals surface area contributed by atoms with Gasteiger partial charge in [-0.05, 0) is 12.5 Å². The molecule has 0 amide bonds. The van der Waals surface area contributed by atoms with Crippen molar-refractivity contribution in [2.75, 3.05) is 26.1 Å². The van der Waals surface area contributed by atoms with Gasteiger partial charge in [-0.1, -0.05) is 0 Å². The van der Waals surface area contributed by atoms with Gasteiger partial charge in [0.15, 0.2) is 0 Å². The van der Waals surface area contributed by atoms with Crippen LogP contribution in [0.3, 0.4) is 0 Å². The fraction of sp³-hybridized carbons (Fsp3) is 0.444. The van der Waals surface area contributed by atoms with E-state index in [1.807, 2.05) is 31.3 Å². The molecule has 1 rings (SSSR count). The van der Waals surface area contributed by atoms with Crippen LogP contribution >= 0.6 is 11.3 Å². The molecule has 0 saturated carbocycles. The Morgan fingerprint density at radius 3 is 2.54 bits per heavy atom. The summed E-state index contributed by atoms with van der Waals surface area (Å²) < 4.78 is 4.66. The van der Waals surface area contributed by atoms with Crippen LogP contribution < -0.4 is 4.90 Å². The third-order valence-electron chi connectivity index (χ3n) is 1.82. The number of methoxy groups -OCH3 is 1. The maximum Gasteiger partial charge on any atom is 0.339 e. The Morgan fingerprint density at radius 1 is 1.54 bits per heavy atom. The van der Waals surface area contributed by atoms with Crippen LogP contribution in [0.15, 0.2) is 5.38 Å². The van der Waals surface area contributed by atoms with Gasteiger partial charge in [0, 0.05) is 19.5 Å². The fourth-order valence-electron chi connectivity index (χ4n) is 1.16. The van der Waals surface area contributed by atoms with Crippen molar-refractivity contribution >= 4 is 22.3 Å². The average Bonchev–Trinajstić information content (AvgIpc) is 2.46. The van der Waals surface area contributed by atoms with Crippen molar-refractivity contribution in [3.8, 4) is 0 Å². The number of anilines is 1. The Hall–Kier alpha value is -1.03. The molecule has 13 heavy (non-hydrogen) atoms. The lowest BCUT2D eigenvalue weighted by molar-refractivity contribution is 0.0600. The zero-order valence-electron chi connectivity index (χ0n) is 8.25. The number of nitrogens with zero attached hydrogens (tertiary/aromatic N) is 1. The van der Waals surface area contributed by atoms with Crippen LogP contribution in [-0.4, -0.2) is 27.2 Å². The van der Waals surface area contributed by atoms with Crippen LogP contribution in [-0.2, 0) is 4.74 Å². The summed E-state index contributed by atoms with van der Waals surface area (Å²) in [6, 6.07) is 0. The molecule has 0 atom stereocenters. The van der Waals surface area contributed by atoms with Crippen LogP contribution in [0.4, 0.5) is 5.00 Å². The lowest BCUT2D eigenvalue weighted by Gasteiger charge is -2.10. The lowest BCUT2D eigenvalue weighted by atomic mass is 10.2. The first-order valence-corrected chi connectivity index (χ1v) is 4.79. The predicted octanol–water partition coefficient (Wildman–Crippen LogP) is 1.91. The van der Waals surface area contributed by atoms with Gasteiger partial charge >= 0.3 is 5.97 Å². The minimum Gasteiger partial charge on any atom is -0.465 e. The molecule has 4 heteroatoms. The van der Waals surface area contributed by atoms with Crippen molar-refractivity contribution in [1.29, 1.82) is 0 Å². The van der Waals surface area contributed by atoms with E-state index in [0.29, 0.717) is 5.56 Å². The third kappa shape index (κ3) is 1.83. The summed E-state index contributed by atoms with van der Waals surface area (Å²) in [5.74, 6) is -0.262. The van der Waals surface area contributed by atoms with Gasteiger partial charge in [0.2, 0.25) is 0 Å². The molecule has 0 unspecified atom stereocenters. The van der Waals surface area contributed by atoms with Crippen LogP contribution in [0.2, 0.25) is 0 Å². The van der Waals surface area contributed by atoms with E-state index in [2.05, 4.69) is 4.74 Å². The number of carbonyl (C=O) groups is 1. The molecule has 0 aliphatic rings. The highest BCUT2D eigenvalue weighted by Crippen LogP contribution is 2.29. The van der Waals surface area contributed by atoms with Gasteiger partial charge in [-0.25, -0.2) is 4.79 Å². The minimum absolute atomic E-state index is 0.262. The molecule has 1 aromatic heterocycles. The maximum atomic E-state index is 11.2. The first-order chi connectivity index (χ1) is 6.07. The summed E-state index contributed by atoms with van der Waals surface area (Å²) in [6.45, 7) is 1.93. The van der Waals surface area contributed by atoms with Gasteiger partial charge in [-0.2, -0.15) is 0 Å². The lowest BCUT2D eigenvalue weighted by Crippen LogP contribution is -2.09. The molecular formula is C9H13NO2S. The standard InChI is InChI=1S/C9H13NO2S/c1-6-7(9(11)12-4)5-13-8(6)10(2)3/h5H,1-4H3. The molecule has 0 saturated heterocycles. The Bertz CT molecular complexity index is 317. The van der Waals surface area contributed by atoms with Gasteiger partial charge in [-0.3, -0.25) is 0 Å². The molecule has 1 aromatic rings. The topological polar surface area (TPSA) is 29.5 Å². The number of rotatable bonds is 2. The largest absolute Gasteiger partial charge is 0.465 e. The molecule has 0 aliphatic heterocycles. The molecule has 3 nitrogen and oxygen atoms in total. The number of carbonyl (C=O) groups excluding carboxylic acids is 1. The minimum atomic E-state index is -0.262. The normalized spacial score (nSPS) is 9.85. The summed E-state index contributed by atoms with van der Waals surface area (Å²) >= 11 is 1.55. The van der Waals surface area contributed by atoms with E-state index in [-0.39, 0.29) is 5.97 Å². The molecule has 0 fully saturated rings. The van der Waals surface area contributed by atoms with Crippen molar-refractivity contribution in [2.45, 2.75) is 6.92 Å². The van der Waals surface area contributed by atoms with E-state index in [9.17, 15) is 4.79 Å². The number of hydrogen-bond donors (Lipinski definition) is 0. The zero-order chi connectivity index (χ0) is 10.0. The highest BCUT2D eigenvalue weighted by atomic mass is 32.1. The van der Waals surface area contributed by atoms with Crippen molar-refractivity contribution in [1.82, 2.24) is 0 Å². The average molecular weight is 199 g/mol. The van der Waals surface area contributed by atoms with Crippen molar-refractivity contribution < 1.29 is 9.53 Å². The van der Waals surface area contributed by atoms with Gasteiger partial charge in [-0.15, -0.1) is 11.3 Å². The second-order valence-corrected chi connectivity index (χ2v) is 3.82. The third-order valence-corrected chi connectivity index (χ3v) is 3.07. The molecule has 0 N–H and O–H groups in total. The van der Waals surface area contributed by atoms with E-state index in [4.69, 9.17) is 0 Å². The first kappa shape index (κ1) is 10.1. The highest BCUT2D eigenvalue weighted by molar-refractivity contribution is 7.14. The predicted molar refractivity (Wildman–Crippen MR) is 54.7 cm³/mol. The quantitative estimate of drug-likeness (QED) is 0.681. The molecule has 72 valence electrons. The van der Waals surface area contributed by atoms with E-state index >= 15 is 0 Å². The number of ether oxygens (including phenoxy) is 1. The SMILES string of the molecule is COC(=O)c1csc(N(C)C)c1C. The molecule has 0 bridgehead atoms. The van der Waals surface area contributed by atoms with E-state index < -0.39 is 0 Å².